The zero-order valence-corrected chi connectivity index (χ0v) is 12.9. The van der Waals surface area contributed by atoms with Crippen LogP contribution in [0.15, 0.2) is 48.5 Å². The Morgan fingerprint density at radius 2 is 1.76 bits per heavy atom. The summed E-state index contributed by atoms with van der Waals surface area (Å²) in [4.78, 5) is 0. The minimum atomic E-state index is 0.215. The fraction of sp³-hybridized carbons (Fsp3) is 0.316. The summed E-state index contributed by atoms with van der Waals surface area (Å²) >= 11 is 0. The first-order valence-corrected chi connectivity index (χ1v) is 7.44. The van der Waals surface area contributed by atoms with Crippen molar-refractivity contribution in [1.82, 2.24) is 0 Å². The number of nitrogens with one attached hydrogen (secondary N) is 1. The molecule has 0 aliphatic carbocycles. The van der Waals surface area contributed by atoms with Crippen molar-refractivity contribution in [1.29, 1.82) is 5.26 Å². The highest BCUT2D eigenvalue weighted by Gasteiger charge is 2.06. The summed E-state index contributed by atoms with van der Waals surface area (Å²) in [6, 6.07) is 18.8. The van der Waals surface area contributed by atoms with Crippen LogP contribution < -0.4 is 5.32 Å². The predicted octanol–water partition coefficient (Wildman–Crippen LogP) is 4.93. The molecule has 108 valence electrons. The van der Waals surface area contributed by atoms with Crippen molar-refractivity contribution < 1.29 is 0 Å². The summed E-state index contributed by atoms with van der Waals surface area (Å²) < 4.78 is 0. The molecule has 1 N–H and O–H groups in total. The van der Waals surface area contributed by atoms with Crippen LogP contribution in [0.4, 0.5) is 5.69 Å². The normalized spacial score (nSPS) is 12.0. The zero-order valence-electron chi connectivity index (χ0n) is 12.9. The molecule has 0 spiro atoms. The number of nitrogens with zero attached hydrogens (tertiary/aromatic N) is 1. The number of anilines is 1. The molecule has 2 heteroatoms. The Balaban J connectivity index is 2.06. The molecule has 0 radical (unpaired) electrons. The van der Waals surface area contributed by atoms with Gasteiger partial charge in [0.15, 0.2) is 0 Å². The van der Waals surface area contributed by atoms with Gasteiger partial charge in [-0.25, -0.2) is 0 Å². The van der Waals surface area contributed by atoms with E-state index >= 15 is 0 Å². The lowest BCUT2D eigenvalue weighted by atomic mass is 10.00. The average molecular weight is 278 g/mol. The lowest BCUT2D eigenvalue weighted by Crippen LogP contribution is -2.07. The van der Waals surface area contributed by atoms with Crippen LogP contribution in [0.5, 0.6) is 0 Å². The van der Waals surface area contributed by atoms with Crippen LogP contribution in [0.1, 0.15) is 43.5 Å². The molecule has 0 saturated carbocycles. The molecule has 0 aromatic heterocycles. The standard InChI is InChI=1S/C19H22N2/c1-14(2)11-16-7-9-18(10-8-16)15(3)21-19-6-4-5-17(12-19)13-20/h4-10,12,14-15,21H,11H2,1-3H3. The van der Waals surface area contributed by atoms with E-state index in [2.05, 4.69) is 56.4 Å². The molecule has 1 atom stereocenters. The first kappa shape index (κ1) is 15.1. The minimum absolute atomic E-state index is 0.215. The first-order valence-electron chi connectivity index (χ1n) is 7.44. The Kier molecular flexibility index (Phi) is 5.00. The highest BCUT2D eigenvalue weighted by Crippen LogP contribution is 2.21. The van der Waals surface area contributed by atoms with Crippen molar-refractivity contribution in [3.05, 3.63) is 65.2 Å². The molecule has 21 heavy (non-hydrogen) atoms. The highest BCUT2D eigenvalue weighted by atomic mass is 14.9. The van der Waals surface area contributed by atoms with E-state index < -0.39 is 0 Å². The third-order valence-electron chi connectivity index (χ3n) is 3.50. The second-order valence-corrected chi connectivity index (χ2v) is 5.90. The summed E-state index contributed by atoms with van der Waals surface area (Å²) in [5, 5.41) is 12.4. The topological polar surface area (TPSA) is 35.8 Å². The number of benzene rings is 2. The Morgan fingerprint density at radius 1 is 1.05 bits per heavy atom. The van der Waals surface area contributed by atoms with E-state index in [0.29, 0.717) is 11.5 Å². The van der Waals surface area contributed by atoms with Gasteiger partial charge in [-0.15, -0.1) is 0 Å². The molecule has 0 fully saturated rings. The van der Waals surface area contributed by atoms with E-state index in [1.807, 2.05) is 24.3 Å². The van der Waals surface area contributed by atoms with E-state index in [9.17, 15) is 0 Å². The summed E-state index contributed by atoms with van der Waals surface area (Å²) in [5.41, 5.74) is 4.30. The van der Waals surface area contributed by atoms with Crippen molar-refractivity contribution in [2.45, 2.75) is 33.2 Å². The van der Waals surface area contributed by atoms with Gasteiger partial charge in [-0.05, 0) is 48.6 Å². The molecule has 0 heterocycles. The van der Waals surface area contributed by atoms with Crippen LogP contribution in [0, 0.1) is 17.2 Å². The molecule has 2 rings (SSSR count). The number of hydrogen-bond donors (Lipinski definition) is 1. The largest absolute Gasteiger partial charge is 0.378 e. The molecule has 2 aromatic carbocycles. The van der Waals surface area contributed by atoms with Crippen LogP contribution in [-0.2, 0) is 6.42 Å². The second kappa shape index (κ2) is 6.95. The minimum Gasteiger partial charge on any atom is -0.378 e. The van der Waals surface area contributed by atoms with Crippen molar-refractivity contribution in [3.63, 3.8) is 0 Å². The average Bonchev–Trinajstić information content (AvgIpc) is 2.47. The number of nitriles is 1. The van der Waals surface area contributed by atoms with Gasteiger partial charge >= 0.3 is 0 Å². The fourth-order valence-corrected chi connectivity index (χ4v) is 2.43. The Bertz CT molecular complexity index is 621. The van der Waals surface area contributed by atoms with Crippen LogP contribution in [-0.4, -0.2) is 0 Å². The molecule has 2 aromatic rings. The summed E-state index contributed by atoms with van der Waals surface area (Å²) in [6.07, 6.45) is 1.12. The van der Waals surface area contributed by atoms with Gasteiger partial charge in [0.2, 0.25) is 0 Å². The lowest BCUT2D eigenvalue weighted by Gasteiger charge is -2.16. The predicted molar refractivity (Wildman–Crippen MR) is 88.2 cm³/mol. The fourth-order valence-electron chi connectivity index (χ4n) is 2.43. The number of hydrogen-bond acceptors (Lipinski definition) is 2. The molecule has 0 saturated heterocycles. The van der Waals surface area contributed by atoms with Gasteiger partial charge < -0.3 is 5.32 Å². The lowest BCUT2D eigenvalue weighted by molar-refractivity contribution is 0.647. The van der Waals surface area contributed by atoms with Gasteiger partial charge in [-0.3, -0.25) is 0 Å². The molecular formula is C19H22N2. The van der Waals surface area contributed by atoms with E-state index in [1.54, 1.807) is 0 Å². The van der Waals surface area contributed by atoms with Gasteiger partial charge in [0.25, 0.3) is 0 Å². The molecular weight excluding hydrogens is 256 g/mol. The maximum absolute atomic E-state index is 8.94. The van der Waals surface area contributed by atoms with E-state index in [1.165, 1.54) is 11.1 Å². The van der Waals surface area contributed by atoms with Crippen molar-refractivity contribution in [2.75, 3.05) is 5.32 Å². The zero-order chi connectivity index (χ0) is 15.2. The number of rotatable bonds is 5. The third kappa shape index (κ3) is 4.36. The third-order valence-corrected chi connectivity index (χ3v) is 3.50. The van der Waals surface area contributed by atoms with E-state index in [-0.39, 0.29) is 6.04 Å². The van der Waals surface area contributed by atoms with Crippen molar-refractivity contribution in [2.24, 2.45) is 5.92 Å². The van der Waals surface area contributed by atoms with Crippen LogP contribution in [0.25, 0.3) is 0 Å². The molecule has 1 unspecified atom stereocenters. The van der Waals surface area contributed by atoms with Crippen molar-refractivity contribution >= 4 is 5.69 Å². The Hall–Kier alpha value is -2.27. The van der Waals surface area contributed by atoms with Gasteiger partial charge in [0.05, 0.1) is 11.6 Å². The molecule has 0 bridgehead atoms. The first-order chi connectivity index (χ1) is 10.1. The summed E-state index contributed by atoms with van der Waals surface area (Å²) in [7, 11) is 0. The Labute approximate surface area is 127 Å². The highest BCUT2D eigenvalue weighted by molar-refractivity contribution is 5.50. The second-order valence-electron chi connectivity index (χ2n) is 5.90. The maximum atomic E-state index is 8.94. The van der Waals surface area contributed by atoms with Gasteiger partial charge in [-0.2, -0.15) is 5.26 Å². The Morgan fingerprint density at radius 3 is 2.38 bits per heavy atom. The smallest absolute Gasteiger partial charge is 0.0992 e. The van der Waals surface area contributed by atoms with Crippen molar-refractivity contribution in [3.8, 4) is 6.07 Å². The molecule has 0 aliphatic rings. The van der Waals surface area contributed by atoms with Gasteiger partial charge in [0.1, 0.15) is 0 Å². The molecule has 2 nitrogen and oxygen atoms in total. The van der Waals surface area contributed by atoms with Crippen LogP contribution >= 0.6 is 0 Å². The quantitative estimate of drug-likeness (QED) is 0.841. The van der Waals surface area contributed by atoms with E-state index in [0.717, 1.165) is 12.1 Å². The molecule has 0 amide bonds. The van der Waals surface area contributed by atoms with Gasteiger partial charge in [-0.1, -0.05) is 44.2 Å². The maximum Gasteiger partial charge on any atom is 0.0992 e. The van der Waals surface area contributed by atoms with Crippen LogP contribution in [0.3, 0.4) is 0 Å². The van der Waals surface area contributed by atoms with E-state index in [4.69, 9.17) is 5.26 Å². The molecule has 0 aliphatic heterocycles. The summed E-state index contributed by atoms with van der Waals surface area (Å²) in [6.45, 7) is 6.61. The van der Waals surface area contributed by atoms with Gasteiger partial charge in [0, 0.05) is 11.7 Å². The SMILES string of the molecule is CC(C)Cc1ccc(C(C)Nc2cccc(C#N)c2)cc1. The van der Waals surface area contributed by atoms with Crippen LogP contribution in [0.2, 0.25) is 0 Å². The monoisotopic (exact) mass is 278 g/mol. The summed E-state index contributed by atoms with van der Waals surface area (Å²) in [5.74, 6) is 0.681.